The van der Waals surface area contributed by atoms with Gasteiger partial charge in [-0.15, -0.1) is 0 Å². The first-order valence-corrected chi connectivity index (χ1v) is 9.17. The smallest absolute Gasteiger partial charge is 0.251 e. The predicted molar refractivity (Wildman–Crippen MR) is 99.4 cm³/mol. The molecule has 0 aliphatic carbocycles. The molecule has 4 rings (SSSR count). The summed E-state index contributed by atoms with van der Waals surface area (Å²) in [7, 11) is 0. The van der Waals surface area contributed by atoms with Crippen molar-refractivity contribution < 1.29 is 4.79 Å². The molecule has 2 aliphatic rings. The minimum atomic E-state index is 0.0555. The summed E-state index contributed by atoms with van der Waals surface area (Å²) in [5.41, 5.74) is 4.74. The monoisotopic (exact) mass is 335 g/mol. The average Bonchev–Trinajstić information content (AvgIpc) is 3.09. The molecule has 0 saturated carbocycles. The fourth-order valence-corrected chi connectivity index (χ4v) is 3.83. The van der Waals surface area contributed by atoms with Gasteiger partial charge in [0.05, 0.1) is 0 Å². The summed E-state index contributed by atoms with van der Waals surface area (Å²) >= 11 is 0. The summed E-state index contributed by atoms with van der Waals surface area (Å²) in [5, 5.41) is 6.59. The van der Waals surface area contributed by atoms with Crippen LogP contribution in [0.2, 0.25) is 0 Å². The number of amides is 1. The maximum atomic E-state index is 12.6. The van der Waals surface area contributed by atoms with Gasteiger partial charge in [-0.1, -0.05) is 36.4 Å². The van der Waals surface area contributed by atoms with Crippen molar-refractivity contribution in [2.24, 2.45) is 0 Å². The Hall–Kier alpha value is -2.17. The lowest BCUT2D eigenvalue weighted by Gasteiger charge is -2.19. The van der Waals surface area contributed by atoms with E-state index in [0.29, 0.717) is 0 Å². The number of rotatable bonds is 4. The molecular formula is C21H25N3O. The van der Waals surface area contributed by atoms with Gasteiger partial charge in [-0.3, -0.25) is 9.69 Å². The van der Waals surface area contributed by atoms with E-state index >= 15 is 0 Å². The fourth-order valence-electron chi connectivity index (χ4n) is 3.83. The van der Waals surface area contributed by atoms with Crippen molar-refractivity contribution in [3.63, 3.8) is 0 Å². The second kappa shape index (κ2) is 7.38. The maximum Gasteiger partial charge on any atom is 0.251 e. The summed E-state index contributed by atoms with van der Waals surface area (Å²) in [6.07, 6.45) is 2.07. The molecule has 1 fully saturated rings. The minimum Gasteiger partial charge on any atom is -0.348 e. The Morgan fingerprint density at radius 1 is 1.16 bits per heavy atom. The topological polar surface area (TPSA) is 44.4 Å². The van der Waals surface area contributed by atoms with Gasteiger partial charge < -0.3 is 10.6 Å². The Morgan fingerprint density at radius 2 is 2.04 bits per heavy atom. The Kier molecular flexibility index (Phi) is 4.81. The number of fused-ring (bicyclic) bond motifs is 1. The second-order valence-corrected chi connectivity index (χ2v) is 7.09. The van der Waals surface area contributed by atoms with Gasteiger partial charge >= 0.3 is 0 Å². The molecule has 0 radical (unpaired) electrons. The molecule has 0 aromatic heterocycles. The van der Waals surface area contributed by atoms with Crippen molar-refractivity contribution in [1.29, 1.82) is 0 Å². The summed E-state index contributed by atoms with van der Waals surface area (Å²) in [4.78, 5) is 15.0. The van der Waals surface area contributed by atoms with Crippen LogP contribution in [0, 0.1) is 0 Å². The third-order valence-electron chi connectivity index (χ3n) is 5.21. The Labute approximate surface area is 149 Å². The van der Waals surface area contributed by atoms with E-state index in [4.69, 9.17) is 0 Å². The Bertz CT molecular complexity index is 744. The fraction of sp³-hybridized carbons (Fsp3) is 0.381. The van der Waals surface area contributed by atoms with Crippen LogP contribution >= 0.6 is 0 Å². The molecule has 1 amide bonds. The number of nitrogens with one attached hydrogen (secondary N) is 2. The predicted octanol–water partition coefficient (Wildman–Crippen LogP) is 2.34. The van der Waals surface area contributed by atoms with Crippen LogP contribution in [0.3, 0.4) is 0 Å². The van der Waals surface area contributed by atoms with Gasteiger partial charge in [0.25, 0.3) is 5.91 Å². The molecule has 1 unspecified atom stereocenters. The number of hydrogen-bond donors (Lipinski definition) is 2. The van der Waals surface area contributed by atoms with Crippen molar-refractivity contribution in [3.05, 3.63) is 70.8 Å². The molecule has 4 heteroatoms. The molecule has 4 nitrogen and oxygen atoms in total. The average molecular weight is 335 g/mol. The van der Waals surface area contributed by atoms with Crippen molar-refractivity contribution in [2.45, 2.75) is 32.0 Å². The van der Waals surface area contributed by atoms with E-state index in [9.17, 15) is 4.79 Å². The normalized spacial score (nSPS) is 20.2. The zero-order valence-electron chi connectivity index (χ0n) is 14.5. The van der Waals surface area contributed by atoms with E-state index in [1.807, 2.05) is 18.2 Å². The molecule has 2 heterocycles. The lowest BCUT2D eigenvalue weighted by molar-refractivity contribution is 0.0937. The molecule has 1 atom stereocenters. The zero-order chi connectivity index (χ0) is 17.1. The molecule has 0 spiro atoms. The summed E-state index contributed by atoms with van der Waals surface area (Å²) in [6.45, 7) is 4.81. The van der Waals surface area contributed by atoms with E-state index < -0.39 is 0 Å². The summed E-state index contributed by atoms with van der Waals surface area (Å²) in [6, 6.07) is 16.9. The molecule has 25 heavy (non-hydrogen) atoms. The highest BCUT2D eigenvalue weighted by Crippen LogP contribution is 2.17. The highest BCUT2D eigenvalue weighted by Gasteiger charge is 2.24. The van der Waals surface area contributed by atoms with E-state index in [1.165, 1.54) is 16.7 Å². The van der Waals surface area contributed by atoms with Crippen LogP contribution < -0.4 is 10.6 Å². The standard InChI is InChI=1S/C21H25N3O/c25-21(18-7-6-17-8-10-22-13-19(17)12-18)23-20-9-11-24(15-20)14-16-4-2-1-3-5-16/h1-7,12,20,22H,8-11,13-15H2,(H,23,25). The highest BCUT2D eigenvalue weighted by molar-refractivity contribution is 5.94. The third kappa shape index (κ3) is 3.91. The molecule has 2 aromatic carbocycles. The van der Waals surface area contributed by atoms with Crippen LogP contribution in [-0.4, -0.2) is 36.5 Å². The SMILES string of the molecule is O=C(NC1CCN(Cc2ccccc2)C1)c1ccc2c(c1)CNCC2. The highest BCUT2D eigenvalue weighted by atomic mass is 16.1. The first kappa shape index (κ1) is 16.3. The molecule has 1 saturated heterocycles. The van der Waals surface area contributed by atoms with Gasteiger partial charge in [0, 0.05) is 37.8 Å². The number of carbonyl (C=O) groups excluding carboxylic acids is 1. The third-order valence-corrected chi connectivity index (χ3v) is 5.21. The van der Waals surface area contributed by atoms with Crippen molar-refractivity contribution in [1.82, 2.24) is 15.5 Å². The Balaban J connectivity index is 1.34. The van der Waals surface area contributed by atoms with Crippen LogP contribution in [0.1, 0.15) is 33.5 Å². The molecule has 2 N–H and O–H groups in total. The molecule has 130 valence electrons. The van der Waals surface area contributed by atoms with Crippen molar-refractivity contribution in [2.75, 3.05) is 19.6 Å². The van der Waals surface area contributed by atoms with E-state index in [2.05, 4.69) is 45.9 Å². The van der Waals surface area contributed by atoms with Crippen molar-refractivity contribution >= 4 is 5.91 Å². The largest absolute Gasteiger partial charge is 0.348 e. The first-order chi connectivity index (χ1) is 12.3. The number of carbonyl (C=O) groups is 1. The van der Waals surface area contributed by atoms with Gasteiger partial charge in [0.2, 0.25) is 0 Å². The summed E-state index contributed by atoms with van der Waals surface area (Å²) < 4.78 is 0. The number of benzene rings is 2. The van der Waals surface area contributed by atoms with Crippen molar-refractivity contribution in [3.8, 4) is 0 Å². The molecule has 2 aromatic rings. The zero-order valence-corrected chi connectivity index (χ0v) is 14.5. The number of nitrogens with zero attached hydrogens (tertiary/aromatic N) is 1. The maximum absolute atomic E-state index is 12.6. The second-order valence-electron chi connectivity index (χ2n) is 7.09. The van der Waals surface area contributed by atoms with Gasteiger partial charge in [0.15, 0.2) is 0 Å². The van der Waals surface area contributed by atoms with E-state index in [-0.39, 0.29) is 11.9 Å². The van der Waals surface area contributed by atoms with Gasteiger partial charge in [-0.25, -0.2) is 0 Å². The van der Waals surface area contributed by atoms with Crippen LogP contribution in [0.15, 0.2) is 48.5 Å². The number of hydrogen-bond acceptors (Lipinski definition) is 3. The first-order valence-electron chi connectivity index (χ1n) is 9.17. The van der Waals surface area contributed by atoms with Gasteiger partial charge in [0.1, 0.15) is 0 Å². The van der Waals surface area contributed by atoms with Crippen LogP contribution in [0.4, 0.5) is 0 Å². The van der Waals surface area contributed by atoms with Gasteiger partial charge in [-0.05, 0) is 48.2 Å². The van der Waals surface area contributed by atoms with Crippen LogP contribution in [-0.2, 0) is 19.5 Å². The van der Waals surface area contributed by atoms with Gasteiger partial charge in [-0.2, -0.15) is 0 Å². The molecule has 2 aliphatic heterocycles. The Morgan fingerprint density at radius 3 is 2.92 bits per heavy atom. The molecule has 0 bridgehead atoms. The lowest BCUT2D eigenvalue weighted by Crippen LogP contribution is -2.37. The summed E-state index contributed by atoms with van der Waals surface area (Å²) in [5.74, 6) is 0.0555. The lowest BCUT2D eigenvalue weighted by atomic mass is 9.98. The quantitative estimate of drug-likeness (QED) is 0.901. The van der Waals surface area contributed by atoms with Crippen LogP contribution in [0.25, 0.3) is 0 Å². The van der Waals surface area contributed by atoms with E-state index in [0.717, 1.165) is 51.1 Å². The van der Waals surface area contributed by atoms with E-state index in [1.54, 1.807) is 0 Å². The minimum absolute atomic E-state index is 0.0555. The number of likely N-dealkylation sites (tertiary alicyclic amines) is 1. The van der Waals surface area contributed by atoms with Crippen LogP contribution in [0.5, 0.6) is 0 Å². The molecular weight excluding hydrogens is 310 g/mol.